The second-order valence-corrected chi connectivity index (χ2v) is 1.81. The molecule has 3 N–H and O–H groups in total. The number of nitrogens with two attached hydrogens (primary N) is 1. The molecule has 0 radical (unpaired) electrons. The van der Waals surface area contributed by atoms with Crippen LogP contribution in [0.5, 0.6) is 0 Å². The number of hydrazine groups is 1. The standard InChI is InChI=1S/C4H13N3.ClH/c1-4(6-5)7(2)3;/h4,6H,5H2,1-3H3;1H. The average molecular weight is 140 g/mol. The Kier molecular flexibility index (Phi) is 7.32. The molecule has 0 rings (SSSR count). The van der Waals surface area contributed by atoms with Gasteiger partial charge in [-0.25, -0.2) is 5.43 Å². The first-order chi connectivity index (χ1) is 3.18. The molecular weight excluding hydrogens is 126 g/mol. The summed E-state index contributed by atoms with van der Waals surface area (Å²) in [5.74, 6) is 5.08. The van der Waals surface area contributed by atoms with E-state index in [9.17, 15) is 0 Å². The van der Waals surface area contributed by atoms with Gasteiger partial charge in [0.05, 0.1) is 6.17 Å². The molecule has 0 aliphatic heterocycles. The summed E-state index contributed by atoms with van der Waals surface area (Å²) in [6, 6.07) is 0. The predicted octanol–water partition coefficient (Wildman–Crippen LogP) is -0.221. The molecule has 0 saturated carbocycles. The van der Waals surface area contributed by atoms with Crippen molar-refractivity contribution >= 4 is 12.4 Å². The molecule has 4 heteroatoms. The van der Waals surface area contributed by atoms with Crippen molar-refractivity contribution < 1.29 is 0 Å². The Hall–Kier alpha value is 0.170. The van der Waals surface area contributed by atoms with Gasteiger partial charge in [0.15, 0.2) is 0 Å². The van der Waals surface area contributed by atoms with Crippen LogP contribution in [0.4, 0.5) is 0 Å². The van der Waals surface area contributed by atoms with E-state index in [1.165, 1.54) is 0 Å². The molecule has 0 aliphatic rings. The molecular formula is C4H14ClN3. The van der Waals surface area contributed by atoms with Gasteiger partial charge in [0, 0.05) is 0 Å². The molecule has 52 valence electrons. The molecule has 1 atom stereocenters. The molecule has 0 amide bonds. The van der Waals surface area contributed by atoms with Gasteiger partial charge < -0.3 is 0 Å². The Morgan fingerprint density at radius 1 is 1.50 bits per heavy atom. The van der Waals surface area contributed by atoms with E-state index in [-0.39, 0.29) is 18.6 Å². The van der Waals surface area contributed by atoms with Gasteiger partial charge in [0.25, 0.3) is 0 Å². The molecule has 0 spiro atoms. The highest BCUT2D eigenvalue weighted by Gasteiger charge is 1.96. The van der Waals surface area contributed by atoms with Crippen LogP contribution in [0.1, 0.15) is 6.92 Å². The van der Waals surface area contributed by atoms with Crippen molar-refractivity contribution in [2.45, 2.75) is 13.1 Å². The van der Waals surface area contributed by atoms with Crippen LogP contribution in [-0.2, 0) is 0 Å². The molecule has 0 bridgehead atoms. The van der Waals surface area contributed by atoms with E-state index in [0.29, 0.717) is 0 Å². The molecule has 0 aliphatic carbocycles. The first-order valence-electron chi connectivity index (χ1n) is 2.31. The first-order valence-corrected chi connectivity index (χ1v) is 2.31. The van der Waals surface area contributed by atoms with E-state index in [2.05, 4.69) is 5.43 Å². The van der Waals surface area contributed by atoms with Crippen LogP contribution in [-0.4, -0.2) is 25.2 Å². The van der Waals surface area contributed by atoms with Gasteiger partial charge in [-0.2, -0.15) is 0 Å². The van der Waals surface area contributed by atoms with Gasteiger partial charge in [-0.15, -0.1) is 12.4 Å². The molecule has 3 nitrogen and oxygen atoms in total. The van der Waals surface area contributed by atoms with E-state index < -0.39 is 0 Å². The third kappa shape index (κ3) is 4.33. The Bertz CT molecular complexity index is 48.5. The lowest BCUT2D eigenvalue weighted by Crippen LogP contribution is -2.42. The second-order valence-electron chi connectivity index (χ2n) is 1.81. The fraction of sp³-hybridized carbons (Fsp3) is 1.00. The van der Waals surface area contributed by atoms with Gasteiger partial charge >= 0.3 is 0 Å². The summed E-state index contributed by atoms with van der Waals surface area (Å²) < 4.78 is 0. The quantitative estimate of drug-likeness (QED) is 0.316. The minimum absolute atomic E-state index is 0. The number of hydrogen-bond acceptors (Lipinski definition) is 3. The molecule has 8 heavy (non-hydrogen) atoms. The lowest BCUT2D eigenvalue weighted by Gasteiger charge is -2.17. The van der Waals surface area contributed by atoms with Crippen molar-refractivity contribution in [2.24, 2.45) is 5.84 Å². The highest BCUT2D eigenvalue weighted by atomic mass is 35.5. The minimum atomic E-state index is 0. The third-order valence-corrected chi connectivity index (χ3v) is 1.02. The summed E-state index contributed by atoms with van der Waals surface area (Å²) in [7, 11) is 3.93. The summed E-state index contributed by atoms with van der Waals surface area (Å²) in [6.45, 7) is 1.99. The molecule has 1 unspecified atom stereocenters. The molecule has 0 aromatic carbocycles. The maximum atomic E-state index is 5.08. The predicted molar refractivity (Wildman–Crippen MR) is 37.7 cm³/mol. The number of rotatable bonds is 2. The SMILES string of the molecule is CC(NN)N(C)C.Cl. The van der Waals surface area contributed by atoms with Gasteiger partial charge in [-0.05, 0) is 21.0 Å². The normalized spacial score (nSPS) is 13.1. The van der Waals surface area contributed by atoms with Crippen molar-refractivity contribution in [1.82, 2.24) is 10.3 Å². The molecule has 0 aromatic rings. The monoisotopic (exact) mass is 139 g/mol. The van der Waals surface area contributed by atoms with E-state index >= 15 is 0 Å². The van der Waals surface area contributed by atoms with Crippen molar-refractivity contribution in [2.75, 3.05) is 14.1 Å². The Balaban J connectivity index is 0. The minimum Gasteiger partial charge on any atom is -0.293 e. The van der Waals surface area contributed by atoms with Crippen LogP contribution >= 0.6 is 12.4 Å². The molecule has 0 heterocycles. The Morgan fingerprint density at radius 3 is 1.88 bits per heavy atom. The number of nitrogens with zero attached hydrogens (tertiary/aromatic N) is 1. The van der Waals surface area contributed by atoms with Gasteiger partial charge in [-0.3, -0.25) is 10.7 Å². The van der Waals surface area contributed by atoms with Crippen LogP contribution < -0.4 is 11.3 Å². The van der Waals surface area contributed by atoms with E-state index in [1.54, 1.807) is 0 Å². The van der Waals surface area contributed by atoms with Crippen LogP contribution in [0.15, 0.2) is 0 Å². The van der Waals surface area contributed by atoms with E-state index in [4.69, 9.17) is 5.84 Å². The Morgan fingerprint density at radius 2 is 1.88 bits per heavy atom. The van der Waals surface area contributed by atoms with E-state index in [1.807, 2.05) is 25.9 Å². The summed E-state index contributed by atoms with van der Waals surface area (Å²) in [5.41, 5.74) is 2.59. The number of nitrogens with one attached hydrogen (secondary N) is 1. The average Bonchev–Trinajstić information content (AvgIpc) is 1.65. The lowest BCUT2D eigenvalue weighted by molar-refractivity contribution is 0.268. The maximum Gasteiger partial charge on any atom is 0.0693 e. The topological polar surface area (TPSA) is 41.3 Å². The zero-order chi connectivity index (χ0) is 5.86. The smallest absolute Gasteiger partial charge is 0.0693 e. The fourth-order valence-electron chi connectivity index (χ4n) is 0.149. The Labute approximate surface area is 56.6 Å². The van der Waals surface area contributed by atoms with Gasteiger partial charge in [-0.1, -0.05) is 0 Å². The maximum absolute atomic E-state index is 5.08. The largest absolute Gasteiger partial charge is 0.293 e. The van der Waals surface area contributed by atoms with Crippen LogP contribution in [0.25, 0.3) is 0 Å². The number of halogens is 1. The third-order valence-electron chi connectivity index (χ3n) is 1.02. The zero-order valence-corrected chi connectivity index (χ0v) is 6.33. The zero-order valence-electron chi connectivity index (χ0n) is 5.51. The van der Waals surface area contributed by atoms with Crippen LogP contribution in [0.3, 0.4) is 0 Å². The van der Waals surface area contributed by atoms with Crippen LogP contribution in [0.2, 0.25) is 0 Å². The lowest BCUT2D eigenvalue weighted by atomic mass is 10.5. The molecule has 0 fully saturated rings. The van der Waals surface area contributed by atoms with Crippen molar-refractivity contribution in [3.05, 3.63) is 0 Å². The summed E-state index contributed by atoms with van der Waals surface area (Å²) >= 11 is 0. The van der Waals surface area contributed by atoms with Crippen molar-refractivity contribution in [3.63, 3.8) is 0 Å². The highest BCUT2D eigenvalue weighted by Crippen LogP contribution is 1.79. The summed E-state index contributed by atoms with van der Waals surface area (Å²) in [6.07, 6.45) is 0.264. The van der Waals surface area contributed by atoms with E-state index in [0.717, 1.165) is 0 Å². The van der Waals surface area contributed by atoms with Gasteiger partial charge in [0.2, 0.25) is 0 Å². The number of hydrogen-bond donors (Lipinski definition) is 2. The van der Waals surface area contributed by atoms with Crippen molar-refractivity contribution in [1.29, 1.82) is 0 Å². The summed E-state index contributed by atoms with van der Waals surface area (Å²) in [4.78, 5) is 1.99. The van der Waals surface area contributed by atoms with Gasteiger partial charge in [0.1, 0.15) is 0 Å². The van der Waals surface area contributed by atoms with Crippen LogP contribution in [0, 0.1) is 0 Å². The fourth-order valence-corrected chi connectivity index (χ4v) is 0.149. The molecule has 0 aromatic heterocycles. The first kappa shape index (κ1) is 11.0. The van der Waals surface area contributed by atoms with Crippen molar-refractivity contribution in [3.8, 4) is 0 Å². The second kappa shape index (κ2) is 5.31. The molecule has 0 saturated heterocycles. The highest BCUT2D eigenvalue weighted by molar-refractivity contribution is 5.85. The summed E-state index contributed by atoms with van der Waals surface area (Å²) in [5, 5.41) is 0.